The molecule has 1 atom stereocenters. The van der Waals surface area contributed by atoms with Crippen LogP contribution >= 0.6 is 0 Å². The van der Waals surface area contributed by atoms with E-state index in [4.69, 9.17) is 6.42 Å². The number of terminal acetylenes is 1. The van der Waals surface area contributed by atoms with E-state index in [1.54, 1.807) is 0 Å². The quantitative estimate of drug-likeness (QED) is 0.646. The van der Waals surface area contributed by atoms with E-state index in [0.717, 1.165) is 12.2 Å². The summed E-state index contributed by atoms with van der Waals surface area (Å²) in [4.78, 5) is 0. The van der Waals surface area contributed by atoms with Crippen LogP contribution in [0, 0.1) is 18.3 Å². The molecule has 0 radical (unpaired) electrons. The molecule has 0 aromatic carbocycles. The van der Waals surface area contributed by atoms with Gasteiger partial charge in [0, 0.05) is 12.7 Å². The molecule has 70 valence electrons. The molecule has 1 aromatic heterocycles. The second-order valence-electron chi connectivity index (χ2n) is 3.74. The van der Waals surface area contributed by atoms with Crippen molar-refractivity contribution in [3.63, 3.8) is 0 Å². The standard InChI is InChI=1S/C11H16N2/c1-5-10(4)11-6-7-13(12-11)8-9(2)3/h1,6-7,9-10H,8H2,2-4H3. The highest BCUT2D eigenvalue weighted by Gasteiger charge is 2.05. The Balaban J connectivity index is 2.70. The van der Waals surface area contributed by atoms with Crippen LogP contribution in [-0.4, -0.2) is 9.78 Å². The van der Waals surface area contributed by atoms with E-state index in [-0.39, 0.29) is 5.92 Å². The third-order valence-electron chi connectivity index (χ3n) is 1.91. The first-order valence-electron chi connectivity index (χ1n) is 4.63. The van der Waals surface area contributed by atoms with Gasteiger partial charge >= 0.3 is 0 Å². The van der Waals surface area contributed by atoms with E-state index in [9.17, 15) is 0 Å². The summed E-state index contributed by atoms with van der Waals surface area (Å²) < 4.78 is 1.95. The lowest BCUT2D eigenvalue weighted by molar-refractivity contribution is 0.479. The van der Waals surface area contributed by atoms with Gasteiger partial charge in [0.25, 0.3) is 0 Å². The molecule has 1 unspecified atom stereocenters. The topological polar surface area (TPSA) is 17.8 Å². The molecule has 0 bridgehead atoms. The molecule has 1 heterocycles. The highest BCUT2D eigenvalue weighted by atomic mass is 15.3. The molecule has 0 fully saturated rings. The Labute approximate surface area is 80.0 Å². The van der Waals surface area contributed by atoms with Crippen LogP contribution in [0.4, 0.5) is 0 Å². The Morgan fingerprint density at radius 1 is 1.54 bits per heavy atom. The van der Waals surface area contributed by atoms with Crippen LogP contribution in [0.3, 0.4) is 0 Å². The van der Waals surface area contributed by atoms with E-state index >= 15 is 0 Å². The smallest absolute Gasteiger partial charge is 0.0771 e. The maximum absolute atomic E-state index is 5.32. The van der Waals surface area contributed by atoms with Crippen molar-refractivity contribution >= 4 is 0 Å². The van der Waals surface area contributed by atoms with Crippen molar-refractivity contribution in [3.05, 3.63) is 18.0 Å². The number of hydrogen-bond donors (Lipinski definition) is 0. The van der Waals surface area contributed by atoms with Gasteiger partial charge in [0.05, 0.1) is 11.6 Å². The molecule has 0 aliphatic heterocycles. The average molecular weight is 176 g/mol. The van der Waals surface area contributed by atoms with Crippen LogP contribution in [0.2, 0.25) is 0 Å². The Hall–Kier alpha value is -1.23. The zero-order chi connectivity index (χ0) is 9.84. The lowest BCUT2D eigenvalue weighted by Gasteiger charge is -2.04. The lowest BCUT2D eigenvalue weighted by Crippen LogP contribution is -2.05. The van der Waals surface area contributed by atoms with Crippen molar-refractivity contribution in [1.29, 1.82) is 0 Å². The van der Waals surface area contributed by atoms with E-state index < -0.39 is 0 Å². The summed E-state index contributed by atoms with van der Waals surface area (Å²) in [5.74, 6) is 3.41. The van der Waals surface area contributed by atoms with Crippen LogP contribution in [0.1, 0.15) is 32.4 Å². The monoisotopic (exact) mass is 176 g/mol. The zero-order valence-corrected chi connectivity index (χ0v) is 8.49. The Morgan fingerprint density at radius 3 is 2.77 bits per heavy atom. The van der Waals surface area contributed by atoms with Crippen molar-refractivity contribution in [1.82, 2.24) is 9.78 Å². The van der Waals surface area contributed by atoms with Crippen LogP contribution in [0.5, 0.6) is 0 Å². The van der Waals surface area contributed by atoms with Gasteiger partial charge in [-0.2, -0.15) is 5.10 Å². The number of aromatic nitrogens is 2. The molecule has 0 amide bonds. The Kier molecular flexibility index (Phi) is 3.13. The van der Waals surface area contributed by atoms with Gasteiger partial charge in [-0.05, 0) is 18.9 Å². The minimum atomic E-state index is 0.119. The van der Waals surface area contributed by atoms with Gasteiger partial charge in [0.2, 0.25) is 0 Å². The van der Waals surface area contributed by atoms with Gasteiger partial charge in [0.1, 0.15) is 0 Å². The third kappa shape index (κ3) is 2.62. The number of hydrogen-bond acceptors (Lipinski definition) is 1. The molecular formula is C11H16N2. The van der Waals surface area contributed by atoms with Gasteiger partial charge in [-0.25, -0.2) is 0 Å². The van der Waals surface area contributed by atoms with E-state index in [1.807, 2.05) is 23.9 Å². The second-order valence-corrected chi connectivity index (χ2v) is 3.74. The van der Waals surface area contributed by atoms with E-state index in [0.29, 0.717) is 5.92 Å². The minimum absolute atomic E-state index is 0.119. The van der Waals surface area contributed by atoms with E-state index in [1.165, 1.54) is 0 Å². The van der Waals surface area contributed by atoms with Crippen molar-refractivity contribution in [3.8, 4) is 12.3 Å². The van der Waals surface area contributed by atoms with Crippen molar-refractivity contribution in [2.45, 2.75) is 33.2 Å². The molecule has 2 heteroatoms. The summed E-state index contributed by atoms with van der Waals surface area (Å²) in [6.45, 7) is 7.29. The van der Waals surface area contributed by atoms with Crippen LogP contribution in [0.25, 0.3) is 0 Å². The largest absolute Gasteiger partial charge is 0.272 e. The summed E-state index contributed by atoms with van der Waals surface area (Å²) >= 11 is 0. The fourth-order valence-corrected chi connectivity index (χ4v) is 1.17. The normalized spacial score (nSPS) is 12.8. The summed E-state index contributed by atoms with van der Waals surface area (Å²) in [5.41, 5.74) is 0.989. The van der Waals surface area contributed by atoms with E-state index in [2.05, 4.69) is 24.9 Å². The van der Waals surface area contributed by atoms with Crippen molar-refractivity contribution in [2.24, 2.45) is 5.92 Å². The Morgan fingerprint density at radius 2 is 2.23 bits per heavy atom. The first-order chi connectivity index (χ1) is 6.13. The molecule has 0 N–H and O–H groups in total. The van der Waals surface area contributed by atoms with Crippen molar-refractivity contribution < 1.29 is 0 Å². The van der Waals surface area contributed by atoms with Gasteiger partial charge in [0.15, 0.2) is 0 Å². The number of rotatable bonds is 3. The Bertz CT molecular complexity index is 304. The van der Waals surface area contributed by atoms with Crippen LogP contribution < -0.4 is 0 Å². The SMILES string of the molecule is C#CC(C)c1ccn(CC(C)C)n1. The summed E-state index contributed by atoms with van der Waals surface area (Å²) in [7, 11) is 0. The lowest BCUT2D eigenvalue weighted by atomic mass is 10.1. The molecule has 0 aliphatic carbocycles. The predicted octanol–water partition coefficient (Wildman–Crippen LogP) is 2.28. The van der Waals surface area contributed by atoms with Crippen molar-refractivity contribution in [2.75, 3.05) is 0 Å². The molecule has 2 nitrogen and oxygen atoms in total. The molecule has 0 spiro atoms. The van der Waals surface area contributed by atoms with Gasteiger partial charge in [-0.1, -0.05) is 19.8 Å². The minimum Gasteiger partial charge on any atom is -0.272 e. The third-order valence-corrected chi connectivity index (χ3v) is 1.91. The first-order valence-corrected chi connectivity index (χ1v) is 4.63. The molecule has 1 rings (SSSR count). The number of nitrogens with zero attached hydrogens (tertiary/aromatic N) is 2. The summed E-state index contributed by atoms with van der Waals surface area (Å²) in [5, 5.41) is 4.40. The van der Waals surface area contributed by atoms with Gasteiger partial charge in [-0.15, -0.1) is 6.42 Å². The molecule has 0 saturated heterocycles. The molecular weight excluding hydrogens is 160 g/mol. The second kappa shape index (κ2) is 4.13. The molecule has 0 aliphatic rings. The molecule has 1 aromatic rings. The maximum atomic E-state index is 5.32. The average Bonchev–Trinajstić information content (AvgIpc) is 2.50. The fraction of sp³-hybridized carbons (Fsp3) is 0.545. The summed E-state index contributed by atoms with van der Waals surface area (Å²) in [6.07, 6.45) is 7.30. The van der Waals surface area contributed by atoms with Crippen LogP contribution in [0.15, 0.2) is 12.3 Å². The summed E-state index contributed by atoms with van der Waals surface area (Å²) in [6, 6.07) is 1.99. The highest BCUT2D eigenvalue weighted by molar-refractivity contribution is 5.15. The zero-order valence-electron chi connectivity index (χ0n) is 8.49. The van der Waals surface area contributed by atoms with Crippen LogP contribution in [-0.2, 0) is 6.54 Å². The fourth-order valence-electron chi connectivity index (χ4n) is 1.17. The molecule has 13 heavy (non-hydrogen) atoms. The van der Waals surface area contributed by atoms with Gasteiger partial charge < -0.3 is 0 Å². The van der Waals surface area contributed by atoms with Gasteiger partial charge in [-0.3, -0.25) is 4.68 Å². The highest BCUT2D eigenvalue weighted by Crippen LogP contribution is 2.11. The maximum Gasteiger partial charge on any atom is 0.0771 e. The predicted molar refractivity (Wildman–Crippen MR) is 54.3 cm³/mol. The molecule has 0 saturated carbocycles. The first kappa shape index (κ1) is 9.85.